The molecule has 5 heteroatoms. The molecule has 2 rings (SSSR count). The molecule has 0 spiro atoms. The largest absolute Gasteiger partial charge is 0.349 e. The molecule has 1 aromatic rings. The van der Waals surface area contributed by atoms with Gasteiger partial charge in [-0.15, -0.1) is 0 Å². The number of nitrogens with one attached hydrogen (secondary N) is 2. The van der Waals surface area contributed by atoms with E-state index in [0.717, 1.165) is 49.3 Å². The van der Waals surface area contributed by atoms with Crippen LogP contribution in [0.5, 0.6) is 0 Å². The fourth-order valence-corrected chi connectivity index (χ4v) is 2.52. The van der Waals surface area contributed by atoms with Gasteiger partial charge in [-0.25, -0.2) is 0 Å². The highest BCUT2D eigenvalue weighted by Crippen LogP contribution is 2.13. The van der Waals surface area contributed by atoms with Crippen molar-refractivity contribution in [3.05, 3.63) is 17.0 Å². The third-order valence-electron chi connectivity index (χ3n) is 3.65. The van der Waals surface area contributed by atoms with Crippen molar-refractivity contribution in [2.75, 3.05) is 13.1 Å². The summed E-state index contributed by atoms with van der Waals surface area (Å²) in [6, 6.07) is 0.284. The van der Waals surface area contributed by atoms with E-state index in [1.165, 1.54) is 0 Å². The zero-order valence-corrected chi connectivity index (χ0v) is 11.4. The lowest BCUT2D eigenvalue weighted by molar-refractivity contribution is 0.0933. The summed E-state index contributed by atoms with van der Waals surface area (Å²) in [6.07, 6.45) is 3.18. The second-order valence-electron chi connectivity index (χ2n) is 5.02. The smallest absolute Gasteiger partial charge is 0.255 e. The first-order valence-electron chi connectivity index (χ1n) is 6.61. The number of carbonyl (C=O) groups excluding carboxylic acids is 1. The van der Waals surface area contributed by atoms with Crippen LogP contribution in [0.3, 0.4) is 0 Å². The van der Waals surface area contributed by atoms with Gasteiger partial charge in [-0.2, -0.15) is 5.10 Å². The Balaban J connectivity index is 2.06. The molecule has 1 amide bonds. The summed E-state index contributed by atoms with van der Waals surface area (Å²) >= 11 is 0. The molecule has 1 unspecified atom stereocenters. The Morgan fingerprint density at radius 3 is 2.83 bits per heavy atom. The number of nitrogens with zero attached hydrogens (tertiary/aromatic N) is 2. The van der Waals surface area contributed by atoms with Crippen molar-refractivity contribution in [3.63, 3.8) is 0 Å². The lowest BCUT2D eigenvalue weighted by Crippen LogP contribution is -2.35. The van der Waals surface area contributed by atoms with Gasteiger partial charge in [0.15, 0.2) is 0 Å². The molecule has 5 nitrogen and oxygen atoms in total. The number of rotatable bonds is 2. The van der Waals surface area contributed by atoms with Crippen LogP contribution in [-0.2, 0) is 7.05 Å². The van der Waals surface area contributed by atoms with E-state index in [2.05, 4.69) is 15.7 Å². The molecule has 1 aliphatic rings. The van der Waals surface area contributed by atoms with Crippen LogP contribution in [0.15, 0.2) is 0 Å². The van der Waals surface area contributed by atoms with Crippen LogP contribution < -0.4 is 10.6 Å². The Bertz CT molecular complexity index is 430. The van der Waals surface area contributed by atoms with Crippen LogP contribution in [0.25, 0.3) is 0 Å². The molecule has 0 bridgehead atoms. The summed E-state index contributed by atoms with van der Waals surface area (Å²) in [5.41, 5.74) is 2.46. The summed E-state index contributed by atoms with van der Waals surface area (Å²) < 4.78 is 1.76. The van der Waals surface area contributed by atoms with Crippen molar-refractivity contribution in [3.8, 4) is 0 Å². The van der Waals surface area contributed by atoms with Crippen LogP contribution in [-0.4, -0.2) is 34.8 Å². The summed E-state index contributed by atoms with van der Waals surface area (Å²) in [7, 11) is 1.87. The second-order valence-corrected chi connectivity index (χ2v) is 5.02. The van der Waals surface area contributed by atoms with E-state index in [9.17, 15) is 4.79 Å². The number of hydrogen-bond donors (Lipinski definition) is 2. The van der Waals surface area contributed by atoms with Crippen LogP contribution in [0.4, 0.5) is 0 Å². The highest BCUT2D eigenvalue weighted by atomic mass is 16.1. The van der Waals surface area contributed by atoms with Gasteiger partial charge in [0.25, 0.3) is 5.91 Å². The average Bonchev–Trinajstić information content (AvgIpc) is 2.52. The Hall–Kier alpha value is -1.36. The number of hydrogen-bond acceptors (Lipinski definition) is 3. The standard InChI is InChI=1S/C13H22N4O/c1-9-12(10(2)17(3)16-9)13(18)15-11-5-4-7-14-8-6-11/h11,14H,4-8H2,1-3H3,(H,15,18). The van der Waals surface area contributed by atoms with Crippen LogP contribution >= 0.6 is 0 Å². The van der Waals surface area contributed by atoms with Gasteiger partial charge >= 0.3 is 0 Å². The number of aryl methyl sites for hydroxylation is 2. The highest BCUT2D eigenvalue weighted by Gasteiger charge is 2.20. The summed E-state index contributed by atoms with van der Waals surface area (Å²) in [6.45, 7) is 5.85. The molecule has 0 saturated carbocycles. The summed E-state index contributed by atoms with van der Waals surface area (Å²) in [4.78, 5) is 12.3. The van der Waals surface area contributed by atoms with Crippen LogP contribution in [0.1, 0.15) is 41.0 Å². The van der Waals surface area contributed by atoms with Crippen molar-refractivity contribution < 1.29 is 4.79 Å². The van der Waals surface area contributed by atoms with Gasteiger partial charge < -0.3 is 10.6 Å². The molecular weight excluding hydrogens is 228 g/mol. The van der Waals surface area contributed by atoms with Crippen molar-refractivity contribution in [1.29, 1.82) is 0 Å². The lowest BCUT2D eigenvalue weighted by atomic mass is 10.1. The first kappa shape index (κ1) is 13.1. The monoisotopic (exact) mass is 250 g/mol. The minimum absolute atomic E-state index is 0.0185. The van der Waals surface area contributed by atoms with Crippen molar-refractivity contribution in [2.45, 2.75) is 39.2 Å². The van der Waals surface area contributed by atoms with Gasteiger partial charge in [-0.05, 0) is 46.2 Å². The number of aromatic nitrogens is 2. The number of carbonyl (C=O) groups is 1. The molecule has 1 saturated heterocycles. The van der Waals surface area contributed by atoms with E-state index in [1.54, 1.807) is 4.68 Å². The predicted octanol–water partition coefficient (Wildman–Crippen LogP) is 0.909. The molecule has 2 N–H and O–H groups in total. The zero-order chi connectivity index (χ0) is 13.1. The Morgan fingerprint density at radius 2 is 2.17 bits per heavy atom. The second kappa shape index (κ2) is 5.52. The molecule has 0 radical (unpaired) electrons. The van der Waals surface area contributed by atoms with Gasteiger partial charge in [0.1, 0.15) is 0 Å². The molecule has 1 atom stereocenters. The highest BCUT2D eigenvalue weighted by molar-refractivity contribution is 5.96. The maximum Gasteiger partial charge on any atom is 0.255 e. The van der Waals surface area contributed by atoms with E-state index in [-0.39, 0.29) is 11.9 Å². The van der Waals surface area contributed by atoms with Crippen molar-refractivity contribution in [2.24, 2.45) is 7.05 Å². The van der Waals surface area contributed by atoms with Gasteiger partial charge in [-0.3, -0.25) is 9.48 Å². The van der Waals surface area contributed by atoms with Gasteiger partial charge in [0, 0.05) is 18.8 Å². The summed E-state index contributed by atoms with van der Waals surface area (Å²) in [5, 5.41) is 10.8. The predicted molar refractivity (Wildman–Crippen MR) is 70.7 cm³/mol. The molecule has 1 aromatic heterocycles. The summed E-state index contributed by atoms with van der Waals surface area (Å²) in [5.74, 6) is 0.0185. The third-order valence-corrected chi connectivity index (χ3v) is 3.65. The van der Waals surface area contributed by atoms with Crippen LogP contribution in [0, 0.1) is 13.8 Å². The van der Waals surface area contributed by atoms with E-state index < -0.39 is 0 Å². The molecule has 100 valence electrons. The van der Waals surface area contributed by atoms with Crippen molar-refractivity contribution in [1.82, 2.24) is 20.4 Å². The maximum absolute atomic E-state index is 12.3. The molecule has 2 heterocycles. The fraction of sp³-hybridized carbons (Fsp3) is 0.692. The topological polar surface area (TPSA) is 59.0 Å². The normalized spacial score (nSPS) is 20.5. The first-order valence-corrected chi connectivity index (χ1v) is 6.61. The van der Waals surface area contributed by atoms with E-state index in [1.807, 2.05) is 20.9 Å². The molecule has 1 fully saturated rings. The van der Waals surface area contributed by atoms with E-state index in [0.29, 0.717) is 0 Å². The Morgan fingerprint density at radius 1 is 1.39 bits per heavy atom. The average molecular weight is 250 g/mol. The third kappa shape index (κ3) is 2.72. The SMILES string of the molecule is Cc1nn(C)c(C)c1C(=O)NC1CCCNCC1. The van der Waals surface area contributed by atoms with Gasteiger partial charge in [0.2, 0.25) is 0 Å². The first-order chi connectivity index (χ1) is 8.59. The molecule has 1 aliphatic heterocycles. The fourth-order valence-electron chi connectivity index (χ4n) is 2.52. The zero-order valence-electron chi connectivity index (χ0n) is 11.4. The van der Waals surface area contributed by atoms with E-state index >= 15 is 0 Å². The lowest BCUT2D eigenvalue weighted by Gasteiger charge is -2.16. The molecule has 18 heavy (non-hydrogen) atoms. The van der Waals surface area contributed by atoms with Crippen molar-refractivity contribution >= 4 is 5.91 Å². The van der Waals surface area contributed by atoms with E-state index in [4.69, 9.17) is 0 Å². The molecular formula is C13H22N4O. The van der Waals surface area contributed by atoms with Crippen LogP contribution in [0.2, 0.25) is 0 Å². The quantitative estimate of drug-likeness (QED) is 0.820. The maximum atomic E-state index is 12.3. The Labute approximate surface area is 108 Å². The van der Waals surface area contributed by atoms with Gasteiger partial charge in [0.05, 0.1) is 11.3 Å². The Kier molecular flexibility index (Phi) is 4.01. The number of amides is 1. The van der Waals surface area contributed by atoms with Gasteiger partial charge in [-0.1, -0.05) is 0 Å². The molecule has 0 aromatic carbocycles. The minimum Gasteiger partial charge on any atom is -0.349 e. The molecule has 0 aliphatic carbocycles. The minimum atomic E-state index is 0.0185.